The van der Waals surface area contributed by atoms with Crippen molar-refractivity contribution in [1.82, 2.24) is 0 Å². The summed E-state index contributed by atoms with van der Waals surface area (Å²) in [6.45, 7) is 4.31. The second-order valence-corrected chi connectivity index (χ2v) is 6.14. The van der Waals surface area contributed by atoms with Crippen LogP contribution in [0.5, 0.6) is 5.75 Å². The number of unbranched alkanes of at least 4 members (excludes halogenated alkanes) is 7. The van der Waals surface area contributed by atoms with Gasteiger partial charge in [0.1, 0.15) is 5.75 Å². The Labute approximate surface area is 142 Å². The number of hydrogen-bond acceptors (Lipinski definition) is 1. The molecule has 1 nitrogen and oxygen atoms in total. The highest BCUT2D eigenvalue weighted by molar-refractivity contribution is 5.60. The maximum Gasteiger partial charge on any atom is 0.122 e. The Kier molecular flexibility index (Phi) is 10.7. The normalized spacial score (nSPS) is 12.5. The molecule has 0 heterocycles. The summed E-state index contributed by atoms with van der Waals surface area (Å²) in [5.41, 5.74) is 1.99. The highest BCUT2D eigenvalue weighted by Gasteiger charge is 1.94. The number of phenols is 1. The molecule has 0 saturated heterocycles. The molecule has 1 heteroatoms. The Morgan fingerprint density at radius 1 is 0.957 bits per heavy atom. The van der Waals surface area contributed by atoms with Gasteiger partial charge in [-0.15, -0.1) is 0 Å². The molecule has 0 aliphatic carbocycles. The van der Waals surface area contributed by atoms with Crippen molar-refractivity contribution in [2.75, 3.05) is 0 Å². The van der Waals surface area contributed by atoms with Crippen molar-refractivity contribution in [2.24, 2.45) is 0 Å². The number of benzene rings is 1. The van der Waals surface area contributed by atoms with Crippen LogP contribution in [0, 0.1) is 0 Å². The fourth-order valence-corrected chi connectivity index (χ4v) is 2.50. The van der Waals surface area contributed by atoms with Crippen molar-refractivity contribution in [1.29, 1.82) is 0 Å². The predicted molar refractivity (Wildman–Crippen MR) is 103 cm³/mol. The van der Waals surface area contributed by atoms with Crippen LogP contribution < -0.4 is 0 Å². The molecule has 1 rings (SSSR count). The third-order valence-corrected chi connectivity index (χ3v) is 3.90. The topological polar surface area (TPSA) is 20.2 Å². The number of hydrogen-bond donors (Lipinski definition) is 1. The first-order valence-electron chi connectivity index (χ1n) is 9.03. The number of phenolic OH excluding ortho intramolecular Hbond substituents is 1. The van der Waals surface area contributed by atoms with Crippen LogP contribution in [-0.4, -0.2) is 5.11 Å². The van der Waals surface area contributed by atoms with Crippen LogP contribution in [0.3, 0.4) is 0 Å². The van der Waals surface area contributed by atoms with Crippen molar-refractivity contribution >= 4 is 6.08 Å². The molecular formula is C22H32O. The zero-order valence-electron chi connectivity index (χ0n) is 14.8. The lowest BCUT2D eigenvalue weighted by molar-refractivity contribution is 0.474. The maximum atomic E-state index is 9.74. The summed E-state index contributed by atoms with van der Waals surface area (Å²) in [6.07, 6.45) is 21.2. The van der Waals surface area contributed by atoms with Crippen LogP contribution in [-0.2, 0) is 0 Å². The van der Waals surface area contributed by atoms with E-state index in [0.717, 1.165) is 11.1 Å². The molecule has 0 bridgehead atoms. The molecule has 1 aromatic rings. The first kappa shape index (κ1) is 19.3. The standard InChI is InChI=1S/C22H32O/c1-3-4-5-6-7-8-9-10-11-12-13-16-20(2)19-21-17-14-15-18-22(21)23/h11-19,23H,3-10H2,1-2H3. The van der Waals surface area contributed by atoms with Gasteiger partial charge in [-0.3, -0.25) is 0 Å². The van der Waals surface area contributed by atoms with E-state index < -0.39 is 0 Å². The van der Waals surface area contributed by atoms with E-state index in [4.69, 9.17) is 0 Å². The Morgan fingerprint density at radius 3 is 2.39 bits per heavy atom. The third kappa shape index (κ3) is 9.78. The van der Waals surface area contributed by atoms with Crippen molar-refractivity contribution in [3.63, 3.8) is 0 Å². The quantitative estimate of drug-likeness (QED) is 0.343. The van der Waals surface area contributed by atoms with Crippen LogP contribution in [0.15, 0.2) is 54.1 Å². The number of rotatable bonds is 11. The van der Waals surface area contributed by atoms with Crippen molar-refractivity contribution < 1.29 is 5.11 Å². The van der Waals surface area contributed by atoms with Crippen LogP contribution in [0.25, 0.3) is 6.08 Å². The number of aromatic hydroxyl groups is 1. The Bertz CT molecular complexity index is 508. The van der Waals surface area contributed by atoms with Gasteiger partial charge in [0.05, 0.1) is 0 Å². The van der Waals surface area contributed by atoms with Gasteiger partial charge >= 0.3 is 0 Å². The summed E-state index contributed by atoms with van der Waals surface area (Å²) in [5.74, 6) is 0.328. The highest BCUT2D eigenvalue weighted by Crippen LogP contribution is 2.19. The summed E-state index contributed by atoms with van der Waals surface area (Å²) in [5, 5.41) is 9.74. The van der Waals surface area contributed by atoms with Crippen LogP contribution in [0.4, 0.5) is 0 Å². The van der Waals surface area contributed by atoms with Crippen LogP contribution >= 0.6 is 0 Å². The molecular weight excluding hydrogens is 280 g/mol. The summed E-state index contributed by atoms with van der Waals surface area (Å²) in [7, 11) is 0. The second kappa shape index (κ2) is 12.8. The van der Waals surface area contributed by atoms with E-state index in [1.165, 1.54) is 51.4 Å². The van der Waals surface area contributed by atoms with Gasteiger partial charge in [-0.2, -0.15) is 0 Å². The lowest BCUT2D eigenvalue weighted by atomic mass is 10.1. The van der Waals surface area contributed by atoms with E-state index in [-0.39, 0.29) is 0 Å². The van der Waals surface area contributed by atoms with E-state index >= 15 is 0 Å². The molecule has 0 aliphatic heterocycles. The summed E-state index contributed by atoms with van der Waals surface area (Å²) in [6, 6.07) is 7.41. The van der Waals surface area contributed by atoms with Gasteiger partial charge in [0.15, 0.2) is 0 Å². The summed E-state index contributed by atoms with van der Waals surface area (Å²) in [4.78, 5) is 0. The van der Waals surface area contributed by atoms with Crippen LogP contribution in [0.2, 0.25) is 0 Å². The van der Waals surface area contributed by atoms with Gasteiger partial charge < -0.3 is 5.11 Å². The third-order valence-electron chi connectivity index (χ3n) is 3.90. The monoisotopic (exact) mass is 312 g/mol. The smallest absolute Gasteiger partial charge is 0.122 e. The lowest BCUT2D eigenvalue weighted by Crippen LogP contribution is -1.78. The average molecular weight is 312 g/mol. The van der Waals surface area contributed by atoms with Gasteiger partial charge in [-0.25, -0.2) is 0 Å². The zero-order chi connectivity index (χ0) is 16.8. The molecule has 126 valence electrons. The molecule has 1 N–H and O–H groups in total. The van der Waals surface area contributed by atoms with Crippen molar-refractivity contribution in [3.05, 3.63) is 59.7 Å². The first-order chi connectivity index (χ1) is 11.2. The van der Waals surface area contributed by atoms with Gasteiger partial charge in [0.2, 0.25) is 0 Å². The largest absolute Gasteiger partial charge is 0.507 e. The minimum absolute atomic E-state index is 0.328. The average Bonchev–Trinajstić information content (AvgIpc) is 2.55. The van der Waals surface area contributed by atoms with Gasteiger partial charge in [0, 0.05) is 5.56 Å². The molecule has 0 aliphatic rings. The Balaban J connectivity index is 2.19. The Hall–Kier alpha value is -1.76. The zero-order valence-corrected chi connectivity index (χ0v) is 14.8. The minimum Gasteiger partial charge on any atom is -0.507 e. The lowest BCUT2D eigenvalue weighted by Gasteiger charge is -1.99. The first-order valence-corrected chi connectivity index (χ1v) is 9.03. The maximum absolute atomic E-state index is 9.74. The number of allylic oxidation sites excluding steroid dienone is 5. The van der Waals surface area contributed by atoms with E-state index in [1.807, 2.05) is 31.2 Å². The molecule has 0 aromatic heterocycles. The number of para-hydroxylation sites is 1. The van der Waals surface area contributed by atoms with Gasteiger partial charge in [0.25, 0.3) is 0 Å². The second-order valence-electron chi connectivity index (χ2n) is 6.14. The summed E-state index contributed by atoms with van der Waals surface area (Å²) >= 11 is 0. The SMILES string of the molecule is CCCCCCCCCC=CC=CC(C)=Cc1ccccc1O. The molecule has 0 saturated carbocycles. The van der Waals surface area contributed by atoms with E-state index in [0.29, 0.717) is 5.75 Å². The molecule has 0 amide bonds. The molecule has 0 radical (unpaired) electrons. The fourth-order valence-electron chi connectivity index (χ4n) is 2.50. The van der Waals surface area contributed by atoms with E-state index in [1.54, 1.807) is 6.07 Å². The van der Waals surface area contributed by atoms with Gasteiger partial charge in [-0.1, -0.05) is 93.5 Å². The van der Waals surface area contributed by atoms with E-state index in [9.17, 15) is 5.11 Å². The van der Waals surface area contributed by atoms with Crippen molar-refractivity contribution in [2.45, 2.75) is 65.2 Å². The minimum atomic E-state index is 0.328. The molecule has 0 spiro atoms. The van der Waals surface area contributed by atoms with Crippen LogP contribution in [0.1, 0.15) is 70.8 Å². The molecule has 0 unspecified atom stereocenters. The molecule has 23 heavy (non-hydrogen) atoms. The Morgan fingerprint density at radius 2 is 1.65 bits per heavy atom. The highest BCUT2D eigenvalue weighted by atomic mass is 16.3. The van der Waals surface area contributed by atoms with Gasteiger partial charge in [-0.05, 0) is 31.9 Å². The summed E-state index contributed by atoms with van der Waals surface area (Å²) < 4.78 is 0. The van der Waals surface area contributed by atoms with Crippen molar-refractivity contribution in [3.8, 4) is 5.75 Å². The molecule has 1 aromatic carbocycles. The van der Waals surface area contributed by atoms with E-state index in [2.05, 4.69) is 31.2 Å². The predicted octanol–water partition coefficient (Wildman–Crippen LogP) is 7.05. The fraction of sp³-hybridized carbons (Fsp3) is 0.455. The molecule has 0 atom stereocenters. The molecule has 0 fully saturated rings.